The van der Waals surface area contributed by atoms with Gasteiger partial charge in [0.05, 0.1) is 5.02 Å². The Hall–Kier alpha value is -1.22. The van der Waals surface area contributed by atoms with Crippen LogP contribution in [0.25, 0.3) is 10.8 Å². The number of rotatable bonds is 0. The maximum Gasteiger partial charge on any atom is 0.145 e. The predicted molar refractivity (Wildman–Crippen MR) is 51.4 cm³/mol. The van der Waals surface area contributed by atoms with Gasteiger partial charge in [0.1, 0.15) is 11.6 Å². The lowest BCUT2D eigenvalue weighted by molar-refractivity contribution is 0.592. The molecule has 0 saturated heterocycles. The molecule has 0 atom stereocenters. The quantitative estimate of drug-likeness (QED) is 0.611. The molecule has 0 fully saturated rings. The second kappa shape index (κ2) is 3.17. The van der Waals surface area contributed by atoms with E-state index in [1.807, 2.05) is 0 Å². The van der Waals surface area contributed by atoms with Crippen LogP contribution < -0.4 is 0 Å². The van der Waals surface area contributed by atoms with Crippen molar-refractivity contribution in [1.29, 1.82) is 0 Å². The van der Waals surface area contributed by atoms with Gasteiger partial charge in [-0.1, -0.05) is 11.6 Å². The molecule has 0 N–H and O–H groups in total. The number of pyridine rings is 1. The van der Waals surface area contributed by atoms with Gasteiger partial charge in [0.15, 0.2) is 0 Å². The van der Waals surface area contributed by atoms with E-state index >= 15 is 0 Å². The minimum atomic E-state index is -0.748. The van der Waals surface area contributed by atoms with Gasteiger partial charge in [0.2, 0.25) is 0 Å². The van der Waals surface area contributed by atoms with Gasteiger partial charge in [0.25, 0.3) is 0 Å². The molecular weight excluding hydrogens is 208 g/mol. The van der Waals surface area contributed by atoms with Crippen molar-refractivity contribution in [2.45, 2.75) is 6.92 Å². The molecule has 0 aliphatic rings. The number of aryl methyl sites for hydroxylation is 1. The molecule has 1 aromatic carbocycles. The third-order valence-electron chi connectivity index (χ3n) is 2.00. The highest BCUT2D eigenvalue weighted by Gasteiger charge is 2.10. The molecule has 0 radical (unpaired) electrons. The van der Waals surface area contributed by atoms with Crippen molar-refractivity contribution >= 4 is 22.4 Å². The first-order valence-electron chi connectivity index (χ1n) is 3.99. The first-order chi connectivity index (χ1) is 6.59. The lowest BCUT2D eigenvalue weighted by Gasteiger charge is -2.03. The highest BCUT2D eigenvalue weighted by molar-refractivity contribution is 6.35. The van der Waals surface area contributed by atoms with Gasteiger partial charge in [-0.2, -0.15) is 0 Å². The predicted octanol–water partition coefficient (Wildman–Crippen LogP) is 3.47. The first kappa shape index (κ1) is 9.34. The van der Waals surface area contributed by atoms with E-state index in [1.165, 1.54) is 6.20 Å². The molecule has 2 aromatic rings. The maximum atomic E-state index is 13.2. The Morgan fingerprint density at radius 1 is 1.14 bits per heavy atom. The molecule has 1 nitrogen and oxygen atoms in total. The molecular formula is C10H6ClF2N. The summed E-state index contributed by atoms with van der Waals surface area (Å²) in [5.41, 5.74) is 0.671. The Bertz CT molecular complexity index is 511. The Morgan fingerprint density at radius 3 is 2.57 bits per heavy atom. The van der Waals surface area contributed by atoms with E-state index < -0.39 is 11.6 Å². The van der Waals surface area contributed by atoms with Gasteiger partial charge in [-0.3, -0.25) is 4.98 Å². The van der Waals surface area contributed by atoms with Crippen LogP contribution in [0.4, 0.5) is 8.78 Å². The molecule has 72 valence electrons. The van der Waals surface area contributed by atoms with E-state index in [0.717, 1.165) is 6.07 Å². The van der Waals surface area contributed by atoms with Crippen molar-refractivity contribution in [2.75, 3.05) is 0 Å². The smallest absolute Gasteiger partial charge is 0.145 e. The maximum absolute atomic E-state index is 13.2. The second-order valence-electron chi connectivity index (χ2n) is 3.03. The lowest BCUT2D eigenvalue weighted by atomic mass is 10.1. The first-order valence-corrected chi connectivity index (χ1v) is 4.37. The van der Waals surface area contributed by atoms with Crippen molar-refractivity contribution in [3.8, 4) is 0 Å². The van der Waals surface area contributed by atoms with Crippen LogP contribution in [0.5, 0.6) is 0 Å². The van der Waals surface area contributed by atoms with Crippen molar-refractivity contribution in [3.63, 3.8) is 0 Å². The summed E-state index contributed by atoms with van der Waals surface area (Å²) in [6, 6.07) is 2.32. The minimum Gasteiger partial charge on any atom is -0.261 e. The third-order valence-corrected chi connectivity index (χ3v) is 2.38. The van der Waals surface area contributed by atoms with Gasteiger partial charge in [-0.25, -0.2) is 8.78 Å². The van der Waals surface area contributed by atoms with Crippen LogP contribution in [0.3, 0.4) is 0 Å². The Morgan fingerprint density at radius 2 is 1.86 bits per heavy atom. The normalized spacial score (nSPS) is 10.9. The fourth-order valence-corrected chi connectivity index (χ4v) is 1.52. The molecule has 1 heterocycles. The van der Waals surface area contributed by atoms with Gasteiger partial charge >= 0.3 is 0 Å². The summed E-state index contributed by atoms with van der Waals surface area (Å²) < 4.78 is 26.3. The van der Waals surface area contributed by atoms with Crippen LogP contribution in [-0.4, -0.2) is 4.98 Å². The molecule has 0 aliphatic heterocycles. The van der Waals surface area contributed by atoms with Gasteiger partial charge in [-0.05, 0) is 13.0 Å². The number of hydrogen-bond acceptors (Lipinski definition) is 1. The lowest BCUT2D eigenvalue weighted by Crippen LogP contribution is -1.89. The fourth-order valence-electron chi connectivity index (χ4n) is 1.31. The zero-order valence-electron chi connectivity index (χ0n) is 7.31. The van der Waals surface area contributed by atoms with Gasteiger partial charge in [-0.15, -0.1) is 0 Å². The van der Waals surface area contributed by atoms with E-state index in [-0.39, 0.29) is 10.4 Å². The van der Waals surface area contributed by atoms with E-state index in [0.29, 0.717) is 11.1 Å². The highest BCUT2D eigenvalue weighted by atomic mass is 35.5. The molecule has 0 aliphatic carbocycles. The standard InChI is InChI=1S/C10H6ClF2N/c1-5-2-6-7(4-14-5)8(12)3-9(13)10(6)11/h2-4H,1H3. The van der Waals surface area contributed by atoms with Crippen LogP contribution in [-0.2, 0) is 0 Å². The zero-order valence-corrected chi connectivity index (χ0v) is 8.07. The number of hydrogen-bond donors (Lipinski definition) is 0. The minimum absolute atomic E-state index is 0.0631. The number of halogens is 3. The summed E-state index contributed by atoms with van der Waals surface area (Å²) in [7, 11) is 0. The Balaban J connectivity index is 2.95. The molecule has 0 unspecified atom stereocenters. The molecule has 0 spiro atoms. The van der Waals surface area contributed by atoms with E-state index in [1.54, 1.807) is 13.0 Å². The third kappa shape index (κ3) is 1.34. The van der Waals surface area contributed by atoms with E-state index in [4.69, 9.17) is 11.6 Å². The van der Waals surface area contributed by atoms with Crippen LogP contribution in [0.2, 0.25) is 5.02 Å². The molecule has 14 heavy (non-hydrogen) atoms. The molecule has 0 bridgehead atoms. The fraction of sp³-hybridized carbons (Fsp3) is 0.100. The molecule has 2 rings (SSSR count). The van der Waals surface area contributed by atoms with Gasteiger partial charge in [0, 0.05) is 28.7 Å². The summed E-state index contributed by atoms with van der Waals surface area (Å²) in [6.45, 7) is 1.73. The number of fused-ring (bicyclic) bond motifs is 1. The number of nitrogens with zero attached hydrogens (tertiary/aromatic N) is 1. The summed E-state index contributed by atoms with van der Waals surface area (Å²) in [6.07, 6.45) is 1.35. The molecule has 0 amide bonds. The molecule has 0 saturated carbocycles. The SMILES string of the molecule is Cc1cc2c(Cl)c(F)cc(F)c2cn1. The number of benzene rings is 1. The zero-order chi connectivity index (χ0) is 10.3. The van der Waals surface area contributed by atoms with Crippen molar-refractivity contribution in [2.24, 2.45) is 0 Å². The average molecular weight is 214 g/mol. The Labute approximate surface area is 84.3 Å². The summed E-state index contributed by atoms with van der Waals surface area (Å²) >= 11 is 5.70. The van der Waals surface area contributed by atoms with Crippen LogP contribution in [0.15, 0.2) is 18.3 Å². The monoisotopic (exact) mass is 213 g/mol. The van der Waals surface area contributed by atoms with Crippen LogP contribution in [0, 0.1) is 18.6 Å². The summed E-state index contributed by atoms with van der Waals surface area (Å²) in [5.74, 6) is -1.39. The highest BCUT2D eigenvalue weighted by Crippen LogP contribution is 2.28. The Kier molecular flexibility index (Phi) is 2.11. The largest absolute Gasteiger partial charge is 0.261 e. The second-order valence-corrected chi connectivity index (χ2v) is 3.40. The van der Waals surface area contributed by atoms with E-state index in [9.17, 15) is 8.78 Å². The van der Waals surface area contributed by atoms with Crippen molar-refractivity contribution in [3.05, 3.63) is 40.7 Å². The average Bonchev–Trinajstić information content (AvgIpc) is 2.14. The number of aromatic nitrogens is 1. The van der Waals surface area contributed by atoms with Crippen molar-refractivity contribution in [1.82, 2.24) is 4.98 Å². The molecule has 1 aromatic heterocycles. The van der Waals surface area contributed by atoms with Gasteiger partial charge < -0.3 is 0 Å². The van der Waals surface area contributed by atoms with Crippen LogP contribution >= 0.6 is 11.6 Å². The van der Waals surface area contributed by atoms with Crippen LogP contribution in [0.1, 0.15) is 5.69 Å². The summed E-state index contributed by atoms with van der Waals surface area (Å²) in [5, 5.41) is 0.533. The molecule has 4 heteroatoms. The topological polar surface area (TPSA) is 12.9 Å². The summed E-state index contributed by atoms with van der Waals surface area (Å²) in [4.78, 5) is 3.92. The van der Waals surface area contributed by atoms with Crippen molar-refractivity contribution < 1.29 is 8.78 Å². The van der Waals surface area contributed by atoms with E-state index in [2.05, 4.69) is 4.98 Å².